The van der Waals surface area contributed by atoms with Gasteiger partial charge in [0.2, 0.25) is 11.8 Å². The summed E-state index contributed by atoms with van der Waals surface area (Å²) in [6.07, 6.45) is -9.59. The van der Waals surface area contributed by atoms with Crippen molar-refractivity contribution in [1.82, 2.24) is 15.1 Å². The van der Waals surface area contributed by atoms with Crippen LogP contribution in [0.2, 0.25) is 0 Å². The van der Waals surface area contributed by atoms with Gasteiger partial charge in [-0.2, -0.15) is 26.3 Å². The highest BCUT2D eigenvalue weighted by Crippen LogP contribution is 2.38. The molecule has 5 nitrogen and oxygen atoms in total. The van der Waals surface area contributed by atoms with E-state index >= 15 is 0 Å². The van der Waals surface area contributed by atoms with Gasteiger partial charge < -0.3 is 15.1 Å². The van der Waals surface area contributed by atoms with Gasteiger partial charge in [0.15, 0.2) is 0 Å². The van der Waals surface area contributed by atoms with Crippen molar-refractivity contribution in [2.24, 2.45) is 11.8 Å². The number of benzene rings is 2. The maximum absolute atomic E-state index is 13.5. The fourth-order valence-corrected chi connectivity index (χ4v) is 4.95. The van der Waals surface area contributed by atoms with Crippen molar-refractivity contribution in [3.05, 3.63) is 70.8 Å². The summed E-state index contributed by atoms with van der Waals surface area (Å²) >= 11 is 0. The number of nitrogens with zero attached hydrogens (tertiary/aromatic N) is 2. The monoisotopic (exact) mass is 527 g/mol. The quantitative estimate of drug-likeness (QED) is 0.582. The Morgan fingerprint density at radius 2 is 1.57 bits per heavy atom. The topological polar surface area (TPSA) is 52.7 Å². The summed E-state index contributed by atoms with van der Waals surface area (Å²) in [7, 11) is 1.37. The Morgan fingerprint density at radius 1 is 0.973 bits per heavy atom. The Morgan fingerprint density at radius 3 is 2.08 bits per heavy atom. The van der Waals surface area contributed by atoms with Crippen molar-refractivity contribution in [3.8, 4) is 0 Å². The molecule has 2 aliphatic rings. The molecular formula is C26H27F6N3O2. The van der Waals surface area contributed by atoms with Crippen LogP contribution >= 0.6 is 0 Å². The second-order valence-electron chi connectivity index (χ2n) is 9.66. The number of nitrogens with one attached hydrogen (secondary N) is 1. The Kier molecular flexibility index (Phi) is 7.55. The van der Waals surface area contributed by atoms with E-state index in [4.69, 9.17) is 0 Å². The summed E-state index contributed by atoms with van der Waals surface area (Å²) in [5, 5.41) is 3.07. The maximum Gasteiger partial charge on any atom is 0.416 e. The van der Waals surface area contributed by atoms with Crippen LogP contribution in [0.15, 0.2) is 48.5 Å². The Bertz CT molecular complexity index is 1100. The van der Waals surface area contributed by atoms with E-state index < -0.39 is 41.8 Å². The number of alkyl halides is 6. The SMILES string of the molecule is CN(Cc1cc(C(F)(F)F)cc(C(F)(F)F)c1)C(=O)C1CCN(C(=O)C2CNC2)CC1c1ccccc1. The largest absolute Gasteiger partial charge is 0.416 e. The Balaban J connectivity index is 1.56. The van der Waals surface area contributed by atoms with Crippen LogP contribution in [0.4, 0.5) is 26.3 Å². The lowest BCUT2D eigenvalue weighted by atomic mass is 9.79. The van der Waals surface area contributed by atoms with Crippen molar-refractivity contribution in [1.29, 1.82) is 0 Å². The number of amides is 2. The van der Waals surface area contributed by atoms with E-state index in [2.05, 4.69) is 5.32 Å². The molecule has 2 heterocycles. The molecule has 2 aromatic carbocycles. The number of hydrogen-bond donors (Lipinski definition) is 1. The molecule has 2 unspecified atom stereocenters. The predicted molar refractivity (Wildman–Crippen MR) is 123 cm³/mol. The lowest BCUT2D eigenvalue weighted by Crippen LogP contribution is -2.55. The molecular weight excluding hydrogens is 500 g/mol. The van der Waals surface area contributed by atoms with E-state index in [-0.39, 0.29) is 29.4 Å². The van der Waals surface area contributed by atoms with Crippen molar-refractivity contribution in [3.63, 3.8) is 0 Å². The van der Waals surface area contributed by atoms with Crippen LogP contribution in [0.1, 0.15) is 34.6 Å². The zero-order valence-corrected chi connectivity index (χ0v) is 20.1. The normalized spacial score (nSPS) is 20.9. The van der Waals surface area contributed by atoms with Crippen LogP contribution < -0.4 is 5.32 Å². The van der Waals surface area contributed by atoms with Crippen molar-refractivity contribution in [2.75, 3.05) is 33.2 Å². The molecule has 0 bridgehead atoms. The van der Waals surface area contributed by atoms with Crippen molar-refractivity contribution >= 4 is 11.8 Å². The molecule has 11 heteroatoms. The maximum atomic E-state index is 13.5. The van der Waals surface area contributed by atoms with Gasteiger partial charge in [-0.25, -0.2) is 0 Å². The summed E-state index contributed by atoms with van der Waals surface area (Å²) in [6.45, 7) is 1.46. The van der Waals surface area contributed by atoms with Crippen LogP contribution in [-0.2, 0) is 28.5 Å². The number of halogens is 6. The van der Waals surface area contributed by atoms with Gasteiger partial charge in [-0.15, -0.1) is 0 Å². The summed E-state index contributed by atoms with van der Waals surface area (Å²) in [4.78, 5) is 29.3. The van der Waals surface area contributed by atoms with Gasteiger partial charge in [0.25, 0.3) is 0 Å². The first-order valence-electron chi connectivity index (χ1n) is 11.9. The summed E-state index contributed by atoms with van der Waals surface area (Å²) in [5.41, 5.74) is -2.26. The Hall–Kier alpha value is -3.08. The minimum absolute atomic E-state index is 0.0163. The minimum Gasteiger partial charge on any atom is -0.342 e. The molecule has 1 N–H and O–H groups in total. The molecule has 37 heavy (non-hydrogen) atoms. The summed E-state index contributed by atoms with van der Waals surface area (Å²) in [5.74, 6) is -1.41. The molecule has 0 radical (unpaired) electrons. The third kappa shape index (κ3) is 6.08. The van der Waals surface area contributed by atoms with Gasteiger partial charge in [0, 0.05) is 51.6 Å². The van der Waals surface area contributed by atoms with E-state index in [1.807, 2.05) is 30.3 Å². The molecule has 200 valence electrons. The zero-order chi connectivity index (χ0) is 27.0. The standard InChI is InChI=1S/C26H27F6N3O2/c1-34(14-16-9-19(25(27,28)29)11-20(10-16)26(30,31)32)24(37)21-7-8-35(23(36)18-12-33-13-18)15-22(21)17-5-3-2-4-6-17/h2-6,9-11,18,21-22,33H,7-8,12-15H2,1H3. The smallest absolute Gasteiger partial charge is 0.342 e. The van der Waals surface area contributed by atoms with Crippen LogP contribution in [0, 0.1) is 11.8 Å². The fraction of sp³-hybridized carbons (Fsp3) is 0.462. The van der Waals surface area contributed by atoms with Gasteiger partial charge >= 0.3 is 12.4 Å². The highest BCUT2D eigenvalue weighted by atomic mass is 19.4. The predicted octanol–water partition coefficient (Wildman–Crippen LogP) is 4.53. The van der Waals surface area contributed by atoms with E-state index in [0.717, 1.165) is 5.56 Å². The van der Waals surface area contributed by atoms with Crippen LogP contribution in [-0.4, -0.2) is 54.8 Å². The number of hydrogen-bond acceptors (Lipinski definition) is 3. The lowest BCUT2D eigenvalue weighted by Gasteiger charge is -2.42. The molecule has 0 saturated carbocycles. The second-order valence-corrected chi connectivity index (χ2v) is 9.66. The second kappa shape index (κ2) is 10.4. The third-order valence-electron chi connectivity index (χ3n) is 7.04. The number of piperidine rings is 1. The van der Waals surface area contributed by atoms with Gasteiger partial charge in [-0.3, -0.25) is 9.59 Å². The molecule has 0 aromatic heterocycles. The van der Waals surface area contributed by atoms with Crippen LogP contribution in [0.5, 0.6) is 0 Å². The van der Waals surface area contributed by atoms with E-state index in [1.54, 1.807) is 4.90 Å². The van der Waals surface area contributed by atoms with Crippen LogP contribution in [0.25, 0.3) is 0 Å². The van der Waals surface area contributed by atoms with E-state index in [0.29, 0.717) is 44.7 Å². The molecule has 2 fully saturated rings. The number of carbonyl (C=O) groups is 2. The number of rotatable bonds is 5. The molecule has 4 rings (SSSR count). The molecule has 2 atom stereocenters. The van der Waals surface area contributed by atoms with Gasteiger partial charge in [-0.05, 0) is 35.7 Å². The highest BCUT2D eigenvalue weighted by Gasteiger charge is 2.41. The molecule has 2 saturated heterocycles. The van der Waals surface area contributed by atoms with Crippen molar-refractivity contribution < 1.29 is 35.9 Å². The molecule has 2 aliphatic heterocycles. The minimum atomic E-state index is -4.97. The number of likely N-dealkylation sites (tertiary alicyclic amines) is 1. The summed E-state index contributed by atoms with van der Waals surface area (Å²) < 4.78 is 79.6. The summed E-state index contributed by atoms with van der Waals surface area (Å²) in [6, 6.07) is 10.5. The first-order valence-corrected chi connectivity index (χ1v) is 11.9. The van der Waals surface area contributed by atoms with E-state index in [1.165, 1.54) is 11.9 Å². The van der Waals surface area contributed by atoms with E-state index in [9.17, 15) is 35.9 Å². The molecule has 2 aromatic rings. The first-order chi connectivity index (χ1) is 17.3. The first kappa shape index (κ1) is 27.0. The number of carbonyl (C=O) groups excluding carboxylic acids is 2. The average molecular weight is 528 g/mol. The Labute approximate surface area is 210 Å². The van der Waals surface area contributed by atoms with Gasteiger partial charge in [0.1, 0.15) is 0 Å². The van der Waals surface area contributed by atoms with Crippen LogP contribution in [0.3, 0.4) is 0 Å². The highest BCUT2D eigenvalue weighted by molar-refractivity contribution is 5.82. The molecule has 0 spiro atoms. The lowest BCUT2D eigenvalue weighted by molar-refractivity contribution is -0.144. The third-order valence-corrected chi connectivity index (χ3v) is 7.04. The average Bonchev–Trinajstić information content (AvgIpc) is 2.81. The fourth-order valence-electron chi connectivity index (χ4n) is 4.95. The molecule has 2 amide bonds. The van der Waals surface area contributed by atoms with Gasteiger partial charge in [0.05, 0.1) is 17.0 Å². The zero-order valence-electron chi connectivity index (χ0n) is 20.1. The van der Waals surface area contributed by atoms with Crippen molar-refractivity contribution in [2.45, 2.75) is 31.2 Å². The molecule has 0 aliphatic carbocycles. The van der Waals surface area contributed by atoms with Gasteiger partial charge in [-0.1, -0.05) is 30.3 Å².